The lowest BCUT2D eigenvalue weighted by atomic mass is 10.1. The summed E-state index contributed by atoms with van der Waals surface area (Å²) in [6.45, 7) is 0.531. The van der Waals surface area contributed by atoms with Gasteiger partial charge < -0.3 is 14.2 Å². The standard InChI is InChI=1S/C21H21NO4S2/c1-24-16-6-4-14(5-7-16)10-11-22-20(23)19(28-21(22)27)13-15-12-17(25-2)8-9-18(15)26-3/h4-9,12-13H,10-11H2,1-3H3/b19-13-. The Kier molecular flexibility index (Phi) is 6.59. The van der Waals surface area contributed by atoms with E-state index in [1.54, 1.807) is 32.3 Å². The number of thioether (sulfide) groups is 1. The van der Waals surface area contributed by atoms with E-state index in [4.69, 9.17) is 26.4 Å². The van der Waals surface area contributed by atoms with Gasteiger partial charge in [-0.2, -0.15) is 0 Å². The minimum atomic E-state index is -0.0895. The Balaban J connectivity index is 1.75. The number of hydrogen-bond donors (Lipinski definition) is 0. The fourth-order valence-corrected chi connectivity index (χ4v) is 4.12. The zero-order valence-corrected chi connectivity index (χ0v) is 17.6. The third-order valence-corrected chi connectivity index (χ3v) is 5.76. The summed E-state index contributed by atoms with van der Waals surface area (Å²) in [4.78, 5) is 15.1. The van der Waals surface area contributed by atoms with Crippen LogP contribution in [0.2, 0.25) is 0 Å². The molecule has 1 heterocycles. The summed E-state index contributed by atoms with van der Waals surface area (Å²) in [6, 6.07) is 13.3. The third-order valence-electron chi connectivity index (χ3n) is 4.38. The van der Waals surface area contributed by atoms with Crippen LogP contribution in [0, 0.1) is 0 Å². The largest absolute Gasteiger partial charge is 0.497 e. The number of nitrogens with zero attached hydrogens (tertiary/aromatic N) is 1. The predicted molar refractivity (Wildman–Crippen MR) is 116 cm³/mol. The van der Waals surface area contributed by atoms with Crippen molar-refractivity contribution in [3.63, 3.8) is 0 Å². The van der Waals surface area contributed by atoms with E-state index in [1.807, 2.05) is 42.5 Å². The molecule has 0 radical (unpaired) electrons. The molecule has 2 aromatic carbocycles. The monoisotopic (exact) mass is 415 g/mol. The highest BCUT2D eigenvalue weighted by Gasteiger charge is 2.31. The van der Waals surface area contributed by atoms with Crippen molar-refractivity contribution in [1.29, 1.82) is 0 Å². The predicted octanol–water partition coefficient (Wildman–Crippen LogP) is 4.16. The number of thiocarbonyl (C=S) groups is 1. The summed E-state index contributed by atoms with van der Waals surface area (Å²) in [6.07, 6.45) is 2.51. The van der Waals surface area contributed by atoms with Gasteiger partial charge in [0.05, 0.1) is 26.2 Å². The van der Waals surface area contributed by atoms with Gasteiger partial charge in [0.15, 0.2) is 0 Å². The Labute approximate surface area is 174 Å². The Morgan fingerprint density at radius 2 is 1.68 bits per heavy atom. The first kappa shape index (κ1) is 20.2. The summed E-state index contributed by atoms with van der Waals surface area (Å²) >= 11 is 6.73. The summed E-state index contributed by atoms with van der Waals surface area (Å²) in [5.41, 5.74) is 1.89. The van der Waals surface area contributed by atoms with Crippen molar-refractivity contribution < 1.29 is 19.0 Å². The number of carbonyl (C=O) groups is 1. The summed E-state index contributed by atoms with van der Waals surface area (Å²) < 4.78 is 16.4. The molecule has 0 atom stereocenters. The summed E-state index contributed by atoms with van der Waals surface area (Å²) in [5.74, 6) is 2.09. The van der Waals surface area contributed by atoms with E-state index < -0.39 is 0 Å². The van der Waals surface area contributed by atoms with Crippen molar-refractivity contribution in [1.82, 2.24) is 4.90 Å². The second-order valence-corrected chi connectivity index (χ2v) is 7.72. The lowest BCUT2D eigenvalue weighted by Crippen LogP contribution is -2.30. The van der Waals surface area contributed by atoms with Crippen molar-refractivity contribution in [2.24, 2.45) is 0 Å². The molecule has 0 unspecified atom stereocenters. The maximum Gasteiger partial charge on any atom is 0.266 e. The van der Waals surface area contributed by atoms with Gasteiger partial charge in [0, 0.05) is 12.1 Å². The number of rotatable bonds is 7. The van der Waals surface area contributed by atoms with Crippen LogP contribution in [0.5, 0.6) is 17.2 Å². The molecular formula is C21H21NO4S2. The molecule has 0 N–H and O–H groups in total. The minimum Gasteiger partial charge on any atom is -0.497 e. The van der Waals surface area contributed by atoms with Crippen LogP contribution in [-0.4, -0.2) is 43.0 Å². The fraction of sp³-hybridized carbons (Fsp3) is 0.238. The van der Waals surface area contributed by atoms with Gasteiger partial charge >= 0.3 is 0 Å². The maximum absolute atomic E-state index is 12.9. The Morgan fingerprint density at radius 1 is 1.00 bits per heavy atom. The van der Waals surface area contributed by atoms with Crippen molar-refractivity contribution in [2.75, 3.05) is 27.9 Å². The molecule has 1 fully saturated rings. The molecule has 1 amide bonds. The van der Waals surface area contributed by atoms with Gasteiger partial charge in [0.2, 0.25) is 0 Å². The zero-order chi connectivity index (χ0) is 20.1. The Hall–Kier alpha value is -2.51. The van der Waals surface area contributed by atoms with Crippen LogP contribution in [0.4, 0.5) is 0 Å². The molecule has 1 aliphatic heterocycles. The molecule has 7 heteroatoms. The van der Waals surface area contributed by atoms with E-state index in [9.17, 15) is 4.79 Å². The van der Waals surface area contributed by atoms with Gasteiger partial charge in [-0.15, -0.1) is 0 Å². The van der Waals surface area contributed by atoms with Crippen LogP contribution in [0.15, 0.2) is 47.4 Å². The number of carbonyl (C=O) groups excluding carboxylic acids is 1. The highest BCUT2D eigenvalue weighted by atomic mass is 32.2. The number of benzene rings is 2. The average molecular weight is 416 g/mol. The average Bonchev–Trinajstić information content (AvgIpc) is 2.99. The molecule has 1 aliphatic rings. The van der Waals surface area contributed by atoms with E-state index in [-0.39, 0.29) is 5.91 Å². The minimum absolute atomic E-state index is 0.0895. The topological polar surface area (TPSA) is 48.0 Å². The maximum atomic E-state index is 12.9. The number of ether oxygens (including phenoxy) is 3. The molecule has 5 nitrogen and oxygen atoms in total. The normalized spacial score (nSPS) is 15.2. The molecule has 0 bridgehead atoms. The van der Waals surface area contributed by atoms with Crippen LogP contribution in [0.25, 0.3) is 6.08 Å². The van der Waals surface area contributed by atoms with E-state index in [0.717, 1.165) is 16.9 Å². The molecule has 1 saturated heterocycles. The van der Waals surface area contributed by atoms with E-state index in [1.165, 1.54) is 11.8 Å². The molecule has 2 aromatic rings. The molecule has 28 heavy (non-hydrogen) atoms. The second-order valence-electron chi connectivity index (χ2n) is 6.04. The SMILES string of the molecule is COc1ccc(CCN2C(=O)/C(=C/c3cc(OC)ccc3OC)SC2=S)cc1. The molecule has 0 aromatic heterocycles. The number of amides is 1. The van der Waals surface area contributed by atoms with E-state index >= 15 is 0 Å². The van der Waals surface area contributed by atoms with Gasteiger partial charge in [0.25, 0.3) is 5.91 Å². The number of hydrogen-bond acceptors (Lipinski definition) is 6. The molecule has 3 rings (SSSR count). The van der Waals surface area contributed by atoms with Gasteiger partial charge in [-0.3, -0.25) is 9.69 Å². The fourth-order valence-electron chi connectivity index (χ4n) is 2.82. The van der Waals surface area contributed by atoms with Gasteiger partial charge in [-0.1, -0.05) is 36.1 Å². The van der Waals surface area contributed by atoms with Crippen molar-refractivity contribution in [3.8, 4) is 17.2 Å². The lowest BCUT2D eigenvalue weighted by Gasteiger charge is -2.14. The summed E-state index contributed by atoms with van der Waals surface area (Å²) in [7, 11) is 4.84. The van der Waals surface area contributed by atoms with Crippen LogP contribution in [-0.2, 0) is 11.2 Å². The van der Waals surface area contributed by atoms with Crippen LogP contribution in [0.3, 0.4) is 0 Å². The molecular weight excluding hydrogens is 394 g/mol. The van der Waals surface area contributed by atoms with Crippen molar-refractivity contribution in [3.05, 3.63) is 58.5 Å². The molecule has 0 aliphatic carbocycles. The van der Waals surface area contributed by atoms with Crippen LogP contribution >= 0.6 is 24.0 Å². The second kappa shape index (κ2) is 9.12. The highest BCUT2D eigenvalue weighted by Crippen LogP contribution is 2.35. The lowest BCUT2D eigenvalue weighted by molar-refractivity contribution is -0.122. The Bertz CT molecular complexity index is 909. The van der Waals surface area contributed by atoms with Crippen molar-refractivity contribution >= 4 is 40.3 Å². The quantitative estimate of drug-likeness (QED) is 0.500. The van der Waals surface area contributed by atoms with Crippen molar-refractivity contribution in [2.45, 2.75) is 6.42 Å². The first-order chi connectivity index (χ1) is 13.5. The van der Waals surface area contributed by atoms with Crippen LogP contribution in [0.1, 0.15) is 11.1 Å². The molecule has 0 saturated carbocycles. The zero-order valence-electron chi connectivity index (χ0n) is 15.9. The van der Waals surface area contributed by atoms with E-state index in [2.05, 4.69) is 0 Å². The van der Waals surface area contributed by atoms with E-state index in [0.29, 0.717) is 33.7 Å². The first-order valence-electron chi connectivity index (χ1n) is 8.66. The highest BCUT2D eigenvalue weighted by molar-refractivity contribution is 8.26. The molecule has 0 spiro atoms. The molecule has 146 valence electrons. The smallest absolute Gasteiger partial charge is 0.266 e. The van der Waals surface area contributed by atoms with Gasteiger partial charge in [-0.05, 0) is 48.4 Å². The van der Waals surface area contributed by atoms with Gasteiger partial charge in [0.1, 0.15) is 21.6 Å². The third kappa shape index (κ3) is 4.48. The first-order valence-corrected chi connectivity index (χ1v) is 9.88. The summed E-state index contributed by atoms with van der Waals surface area (Å²) in [5, 5.41) is 0. The van der Waals surface area contributed by atoms with Crippen LogP contribution < -0.4 is 14.2 Å². The van der Waals surface area contributed by atoms with Gasteiger partial charge in [-0.25, -0.2) is 0 Å². The number of methoxy groups -OCH3 is 3. The Morgan fingerprint density at radius 3 is 2.32 bits per heavy atom.